The summed E-state index contributed by atoms with van der Waals surface area (Å²) in [6.07, 6.45) is 2.83. The molecule has 0 bridgehead atoms. The summed E-state index contributed by atoms with van der Waals surface area (Å²) in [7, 11) is 0. The minimum Gasteiger partial charge on any atom is -0.545 e. The number of carboxylic acid groups (broad SMARTS) is 6. The van der Waals surface area contributed by atoms with Gasteiger partial charge in [0.15, 0.2) is 0 Å². The first-order valence-corrected chi connectivity index (χ1v) is 5.24. The molecule has 0 aromatic carbocycles. The van der Waals surface area contributed by atoms with Crippen LogP contribution in [0.2, 0.25) is 0 Å². The molecule has 0 aromatic heterocycles. The van der Waals surface area contributed by atoms with Gasteiger partial charge in [-0.2, -0.15) is 0 Å². The molecule has 25 heavy (non-hydrogen) atoms. The van der Waals surface area contributed by atoms with Gasteiger partial charge in [-0.15, -0.1) is 0 Å². The number of aliphatic carboxylic acids is 6. The number of carbonyl (C=O) groups excluding carboxylic acids is 3. The standard InChI is InChI=1S/3C4H4O4.La/c3*5-3(6)1-2-4(7)8;/h3*1-2H,(H,5,6)(H,7,8);/q;;;+3/p-3/b2*2-1+;2-1-;. The predicted molar refractivity (Wildman–Crippen MR) is 65.3 cm³/mol. The Hall–Kier alpha value is -2.77. The molecule has 0 unspecified atom stereocenters. The van der Waals surface area contributed by atoms with E-state index in [2.05, 4.69) is 0 Å². The molecule has 0 aliphatic heterocycles. The number of hydrogen-bond donors (Lipinski definition) is 3. The topological polar surface area (TPSA) is 232 Å². The minimum absolute atomic E-state index is 0. The fraction of sp³-hybridized carbons (Fsp3) is 0. The van der Waals surface area contributed by atoms with E-state index >= 15 is 0 Å². The zero-order valence-electron chi connectivity index (χ0n) is 12.1. The molecular formula is C12H9LaO12. The molecule has 0 amide bonds. The Kier molecular flexibility index (Phi) is 23.3. The van der Waals surface area contributed by atoms with Gasteiger partial charge in [0.2, 0.25) is 0 Å². The third-order valence-electron chi connectivity index (χ3n) is 1.09. The van der Waals surface area contributed by atoms with Crippen molar-refractivity contribution in [2.45, 2.75) is 0 Å². The molecule has 0 fully saturated rings. The van der Waals surface area contributed by atoms with Crippen molar-refractivity contribution < 1.29 is 95.0 Å². The van der Waals surface area contributed by atoms with E-state index in [1.807, 2.05) is 0 Å². The summed E-state index contributed by atoms with van der Waals surface area (Å²) in [5.41, 5.74) is 0. The summed E-state index contributed by atoms with van der Waals surface area (Å²) < 4.78 is 0. The SMILES string of the molecule is O=C(O)/C=C/C(=O)O.O=C([O-])/C=C/C(=O)O.O=C([O-])/C=C\C(=O)[O-].[La+3]. The largest absolute Gasteiger partial charge is 3.00 e. The van der Waals surface area contributed by atoms with Gasteiger partial charge in [-0.3, -0.25) is 0 Å². The number of rotatable bonds is 6. The van der Waals surface area contributed by atoms with Crippen LogP contribution in [-0.4, -0.2) is 51.1 Å². The number of hydrogen-bond acceptors (Lipinski definition) is 9. The first-order valence-electron chi connectivity index (χ1n) is 5.24. The van der Waals surface area contributed by atoms with Crippen LogP contribution in [0, 0.1) is 35.6 Å². The predicted octanol–water partition coefficient (Wildman–Crippen LogP) is -4.87. The van der Waals surface area contributed by atoms with Gasteiger partial charge < -0.3 is 45.0 Å². The van der Waals surface area contributed by atoms with Crippen LogP contribution in [0.3, 0.4) is 0 Å². The maximum Gasteiger partial charge on any atom is 3.00 e. The van der Waals surface area contributed by atoms with E-state index in [9.17, 15) is 44.1 Å². The maximum atomic E-state index is 9.55. The molecule has 13 heteroatoms. The summed E-state index contributed by atoms with van der Waals surface area (Å²) >= 11 is 0. The molecule has 0 rings (SSSR count). The van der Waals surface area contributed by atoms with Crippen LogP contribution in [0.4, 0.5) is 0 Å². The fourth-order valence-corrected chi connectivity index (χ4v) is 0.418. The Labute approximate surface area is 167 Å². The molecule has 0 saturated carbocycles. The third kappa shape index (κ3) is 52.5. The summed E-state index contributed by atoms with van der Waals surface area (Å²) in [5.74, 6) is -8.41. The van der Waals surface area contributed by atoms with E-state index in [1.54, 1.807) is 0 Å². The maximum absolute atomic E-state index is 9.55. The summed E-state index contributed by atoms with van der Waals surface area (Å²) in [6, 6.07) is 0. The van der Waals surface area contributed by atoms with Crippen LogP contribution in [-0.2, 0) is 28.8 Å². The fourth-order valence-electron chi connectivity index (χ4n) is 0.418. The van der Waals surface area contributed by atoms with Crippen LogP contribution in [0.25, 0.3) is 0 Å². The van der Waals surface area contributed by atoms with E-state index < -0.39 is 35.8 Å². The van der Waals surface area contributed by atoms with Crippen molar-refractivity contribution in [2.75, 3.05) is 0 Å². The molecular weight excluding hydrogens is 475 g/mol. The van der Waals surface area contributed by atoms with Gasteiger partial charge in [0.25, 0.3) is 0 Å². The third-order valence-corrected chi connectivity index (χ3v) is 1.09. The van der Waals surface area contributed by atoms with Crippen molar-refractivity contribution in [3.05, 3.63) is 36.5 Å². The molecule has 132 valence electrons. The molecule has 0 aliphatic rings. The first kappa shape index (κ1) is 30.2. The van der Waals surface area contributed by atoms with Crippen molar-refractivity contribution >= 4 is 35.8 Å². The van der Waals surface area contributed by atoms with E-state index in [0.717, 1.165) is 0 Å². The normalized spacial score (nSPS) is 9.12. The Morgan fingerprint density at radius 1 is 0.480 bits per heavy atom. The molecule has 0 aromatic rings. The Morgan fingerprint density at radius 2 is 0.640 bits per heavy atom. The van der Waals surface area contributed by atoms with E-state index in [0.29, 0.717) is 36.5 Å². The minimum atomic E-state index is -1.55. The van der Waals surface area contributed by atoms with Gasteiger partial charge >= 0.3 is 53.5 Å². The second-order valence-electron chi connectivity index (χ2n) is 2.97. The Morgan fingerprint density at radius 3 is 0.760 bits per heavy atom. The molecule has 0 heterocycles. The summed E-state index contributed by atoms with van der Waals surface area (Å²) in [4.78, 5) is 56.9. The number of carbonyl (C=O) groups is 6. The average molecular weight is 484 g/mol. The van der Waals surface area contributed by atoms with Crippen LogP contribution in [0.1, 0.15) is 0 Å². The van der Waals surface area contributed by atoms with E-state index in [-0.39, 0.29) is 35.6 Å². The summed E-state index contributed by atoms with van der Waals surface area (Å²) in [6.45, 7) is 0. The van der Waals surface area contributed by atoms with Crippen molar-refractivity contribution in [1.82, 2.24) is 0 Å². The van der Waals surface area contributed by atoms with Crippen molar-refractivity contribution in [1.29, 1.82) is 0 Å². The van der Waals surface area contributed by atoms with Gasteiger partial charge in [0, 0.05) is 18.2 Å². The first-order chi connectivity index (χ1) is 10.9. The molecule has 3 N–H and O–H groups in total. The van der Waals surface area contributed by atoms with Gasteiger partial charge in [-0.05, 0) is 18.2 Å². The van der Waals surface area contributed by atoms with Crippen LogP contribution < -0.4 is 15.3 Å². The zero-order chi connectivity index (χ0) is 19.7. The molecule has 0 aliphatic carbocycles. The molecule has 12 nitrogen and oxygen atoms in total. The van der Waals surface area contributed by atoms with Gasteiger partial charge in [0.1, 0.15) is 0 Å². The second-order valence-corrected chi connectivity index (χ2v) is 2.97. The Bertz CT molecular complexity index is 444. The van der Waals surface area contributed by atoms with Crippen LogP contribution in [0.5, 0.6) is 0 Å². The smallest absolute Gasteiger partial charge is 0.545 e. The quantitative estimate of drug-likeness (QED) is 0.301. The molecule has 0 spiro atoms. The van der Waals surface area contributed by atoms with Crippen LogP contribution in [0.15, 0.2) is 36.5 Å². The van der Waals surface area contributed by atoms with Crippen molar-refractivity contribution in [3.63, 3.8) is 0 Å². The van der Waals surface area contributed by atoms with Crippen LogP contribution >= 0.6 is 0 Å². The van der Waals surface area contributed by atoms with Gasteiger partial charge in [-0.1, -0.05) is 0 Å². The molecule has 0 atom stereocenters. The van der Waals surface area contributed by atoms with Crippen molar-refractivity contribution in [3.8, 4) is 0 Å². The van der Waals surface area contributed by atoms with Gasteiger partial charge in [-0.25, -0.2) is 14.4 Å². The Balaban J connectivity index is -0.000000130. The van der Waals surface area contributed by atoms with E-state index in [1.165, 1.54) is 0 Å². The monoisotopic (exact) mass is 484 g/mol. The van der Waals surface area contributed by atoms with Crippen molar-refractivity contribution in [2.24, 2.45) is 0 Å². The second kappa shape index (κ2) is 19.3. The average Bonchev–Trinajstić information content (AvgIpc) is 2.42. The number of carboxylic acids is 6. The zero-order valence-corrected chi connectivity index (χ0v) is 15.7. The summed E-state index contributed by atoms with van der Waals surface area (Å²) in [5, 5.41) is 51.7. The molecule has 0 saturated heterocycles. The van der Waals surface area contributed by atoms with E-state index in [4.69, 9.17) is 15.3 Å². The molecule has 0 radical (unpaired) electrons. The van der Waals surface area contributed by atoms with Gasteiger partial charge in [0.05, 0.1) is 17.9 Å².